The molecule has 0 aliphatic heterocycles. The van der Waals surface area contributed by atoms with Crippen LogP contribution in [0.4, 0.5) is 0 Å². The Bertz CT molecular complexity index is 276. The molecule has 21 heavy (non-hydrogen) atoms. The van der Waals surface area contributed by atoms with Gasteiger partial charge in [0.25, 0.3) is 0 Å². The van der Waals surface area contributed by atoms with Crippen molar-refractivity contribution in [1.82, 2.24) is 0 Å². The molecule has 0 heterocycles. The number of nitrogens with two attached hydrogens (primary N) is 2. The lowest BCUT2D eigenvalue weighted by Crippen LogP contribution is -2.36. The minimum Gasteiger partial charge on any atom is -0.466 e. The van der Waals surface area contributed by atoms with Crippen LogP contribution in [0.1, 0.15) is 71.1 Å². The zero-order valence-corrected chi connectivity index (χ0v) is 14.0. The summed E-state index contributed by atoms with van der Waals surface area (Å²) in [5.41, 5.74) is 10.4. The van der Waals surface area contributed by atoms with Crippen LogP contribution in [0.3, 0.4) is 0 Å². The van der Waals surface area contributed by atoms with Crippen molar-refractivity contribution >= 4 is 24.3 Å². The highest BCUT2D eigenvalue weighted by Crippen LogP contribution is 2.08. The summed E-state index contributed by atoms with van der Waals surface area (Å²) in [4.78, 5) is 22.0. The first kappa shape index (κ1) is 22.5. The molecule has 126 valence electrons. The Hall–Kier alpha value is -0.810. The predicted molar refractivity (Wildman–Crippen MR) is 87.2 cm³/mol. The van der Waals surface area contributed by atoms with E-state index in [-0.39, 0.29) is 31.2 Å². The maximum Gasteiger partial charge on any atom is 0.305 e. The molecule has 4 N–H and O–H groups in total. The fourth-order valence-corrected chi connectivity index (χ4v) is 1.91. The zero-order chi connectivity index (χ0) is 15.2. The molecular weight excluding hydrogens is 292 g/mol. The molecule has 0 aromatic heterocycles. The van der Waals surface area contributed by atoms with E-state index in [4.69, 9.17) is 16.2 Å². The van der Waals surface area contributed by atoms with Gasteiger partial charge in [-0.15, -0.1) is 12.4 Å². The van der Waals surface area contributed by atoms with E-state index in [1.165, 1.54) is 38.5 Å². The fraction of sp³-hybridized carbons (Fsp3) is 0.867. The van der Waals surface area contributed by atoms with Crippen molar-refractivity contribution in [3.05, 3.63) is 0 Å². The second kappa shape index (κ2) is 15.6. The zero-order valence-electron chi connectivity index (χ0n) is 13.1. The van der Waals surface area contributed by atoms with Crippen LogP contribution in [0.15, 0.2) is 0 Å². The summed E-state index contributed by atoms with van der Waals surface area (Å²) < 4.78 is 5.07. The summed E-state index contributed by atoms with van der Waals surface area (Å²) in [5.74, 6) is -0.884. The average Bonchev–Trinajstić information content (AvgIpc) is 2.42. The predicted octanol–water partition coefficient (Wildman–Crippen LogP) is 2.68. The van der Waals surface area contributed by atoms with Crippen molar-refractivity contribution in [1.29, 1.82) is 0 Å². The molecule has 0 fully saturated rings. The number of ether oxygens (including phenoxy) is 1. The van der Waals surface area contributed by atoms with Gasteiger partial charge in [-0.1, -0.05) is 51.9 Å². The van der Waals surface area contributed by atoms with Crippen molar-refractivity contribution < 1.29 is 14.3 Å². The molecule has 0 aliphatic rings. The molecule has 0 aromatic rings. The molecule has 0 aromatic carbocycles. The lowest BCUT2D eigenvalue weighted by Gasteiger charge is -2.07. The number of hydrogen-bond donors (Lipinski definition) is 2. The smallest absolute Gasteiger partial charge is 0.305 e. The lowest BCUT2D eigenvalue weighted by molar-refractivity contribution is -0.144. The molecule has 5 nitrogen and oxygen atoms in total. The van der Waals surface area contributed by atoms with Crippen LogP contribution in [-0.2, 0) is 14.3 Å². The summed E-state index contributed by atoms with van der Waals surface area (Å²) >= 11 is 0. The summed E-state index contributed by atoms with van der Waals surface area (Å²) in [6.07, 6.45) is 10.1. The number of amides is 1. The number of primary amides is 1. The molecule has 0 saturated carbocycles. The van der Waals surface area contributed by atoms with E-state index in [1.807, 2.05) is 0 Å². The molecular formula is C15H31ClN2O3. The third-order valence-corrected chi connectivity index (χ3v) is 3.29. The molecule has 0 radical (unpaired) electrons. The standard InChI is InChI=1S/C15H30N2O3.ClH/c1-2-3-4-5-6-7-8-9-12-20-14(18)11-10-13(16)15(17)19;/h13H,2-12,16H2,1H3,(H2,17,19);1H/t13-;/m1./s1. The Morgan fingerprint density at radius 1 is 1.00 bits per heavy atom. The molecule has 0 unspecified atom stereocenters. The molecule has 1 atom stereocenters. The van der Waals surface area contributed by atoms with E-state index in [0.717, 1.165) is 12.8 Å². The van der Waals surface area contributed by atoms with Gasteiger partial charge in [0.2, 0.25) is 5.91 Å². The first-order chi connectivity index (χ1) is 9.57. The second-order valence-corrected chi connectivity index (χ2v) is 5.24. The van der Waals surface area contributed by atoms with E-state index in [1.54, 1.807) is 0 Å². The summed E-state index contributed by atoms with van der Waals surface area (Å²) in [6.45, 7) is 2.67. The molecule has 0 rings (SSSR count). The monoisotopic (exact) mass is 322 g/mol. The van der Waals surface area contributed by atoms with Gasteiger partial charge in [-0.2, -0.15) is 0 Å². The highest BCUT2D eigenvalue weighted by molar-refractivity contribution is 5.85. The Kier molecular flexibility index (Phi) is 16.7. The van der Waals surface area contributed by atoms with Crippen LogP contribution in [0, 0.1) is 0 Å². The van der Waals surface area contributed by atoms with Gasteiger partial charge in [0.15, 0.2) is 0 Å². The molecule has 1 amide bonds. The maximum absolute atomic E-state index is 11.3. The Morgan fingerprint density at radius 3 is 2.05 bits per heavy atom. The van der Waals surface area contributed by atoms with Crippen molar-refractivity contribution in [2.24, 2.45) is 11.5 Å². The van der Waals surface area contributed by atoms with Crippen LogP contribution in [0.25, 0.3) is 0 Å². The number of carbonyl (C=O) groups is 2. The normalized spacial score (nSPS) is 11.5. The van der Waals surface area contributed by atoms with Crippen molar-refractivity contribution in [2.75, 3.05) is 6.61 Å². The number of carbonyl (C=O) groups excluding carboxylic acids is 2. The number of unbranched alkanes of at least 4 members (excludes halogenated alkanes) is 7. The van der Waals surface area contributed by atoms with Crippen molar-refractivity contribution in [3.63, 3.8) is 0 Å². The van der Waals surface area contributed by atoms with Crippen molar-refractivity contribution in [2.45, 2.75) is 77.2 Å². The highest BCUT2D eigenvalue weighted by atomic mass is 35.5. The summed E-state index contributed by atoms with van der Waals surface area (Å²) in [6, 6.07) is -0.759. The second-order valence-electron chi connectivity index (χ2n) is 5.24. The van der Waals surface area contributed by atoms with Crippen LogP contribution in [0.2, 0.25) is 0 Å². The quantitative estimate of drug-likeness (QED) is 0.402. The third-order valence-electron chi connectivity index (χ3n) is 3.29. The maximum atomic E-state index is 11.3. The van der Waals surface area contributed by atoms with E-state index in [9.17, 15) is 9.59 Å². The van der Waals surface area contributed by atoms with Gasteiger partial charge in [0, 0.05) is 6.42 Å². The molecule has 0 saturated heterocycles. The molecule has 0 bridgehead atoms. The minimum atomic E-state index is -0.759. The van der Waals surface area contributed by atoms with Crippen molar-refractivity contribution in [3.8, 4) is 0 Å². The van der Waals surface area contributed by atoms with Gasteiger partial charge < -0.3 is 16.2 Å². The molecule has 0 aliphatic carbocycles. The first-order valence-electron chi connectivity index (χ1n) is 7.78. The number of esters is 1. The Morgan fingerprint density at radius 2 is 1.52 bits per heavy atom. The van der Waals surface area contributed by atoms with Crippen LogP contribution < -0.4 is 11.5 Å². The van der Waals surface area contributed by atoms with Crippen LogP contribution >= 0.6 is 12.4 Å². The number of rotatable bonds is 13. The average molecular weight is 323 g/mol. The van der Waals surface area contributed by atoms with Gasteiger partial charge in [0.1, 0.15) is 0 Å². The Labute approximate surface area is 134 Å². The minimum absolute atomic E-state index is 0. The number of hydrogen-bond acceptors (Lipinski definition) is 4. The lowest BCUT2D eigenvalue weighted by atomic mass is 10.1. The van der Waals surface area contributed by atoms with Gasteiger partial charge in [0.05, 0.1) is 12.6 Å². The number of halogens is 1. The third kappa shape index (κ3) is 15.4. The summed E-state index contributed by atoms with van der Waals surface area (Å²) in [5, 5.41) is 0. The molecule has 6 heteroatoms. The summed E-state index contributed by atoms with van der Waals surface area (Å²) in [7, 11) is 0. The van der Waals surface area contributed by atoms with Gasteiger partial charge in [-0.25, -0.2) is 0 Å². The van der Waals surface area contributed by atoms with Gasteiger partial charge in [-0.3, -0.25) is 9.59 Å². The van der Waals surface area contributed by atoms with Crippen LogP contribution in [0.5, 0.6) is 0 Å². The topological polar surface area (TPSA) is 95.4 Å². The Balaban J connectivity index is 0. The fourth-order valence-electron chi connectivity index (χ4n) is 1.91. The van der Waals surface area contributed by atoms with E-state index < -0.39 is 11.9 Å². The van der Waals surface area contributed by atoms with E-state index in [0.29, 0.717) is 6.61 Å². The van der Waals surface area contributed by atoms with E-state index >= 15 is 0 Å². The van der Waals surface area contributed by atoms with Gasteiger partial charge >= 0.3 is 5.97 Å². The molecule has 0 spiro atoms. The van der Waals surface area contributed by atoms with Crippen LogP contribution in [-0.4, -0.2) is 24.5 Å². The first-order valence-corrected chi connectivity index (χ1v) is 7.78. The van der Waals surface area contributed by atoms with Gasteiger partial charge in [-0.05, 0) is 12.8 Å². The SMILES string of the molecule is CCCCCCCCCCOC(=O)CC[C@@H](N)C(N)=O.Cl. The largest absolute Gasteiger partial charge is 0.466 e. The highest BCUT2D eigenvalue weighted by Gasteiger charge is 2.12. The van der Waals surface area contributed by atoms with E-state index in [2.05, 4.69) is 6.92 Å².